The molecule has 1 aliphatic heterocycles. The van der Waals surface area contributed by atoms with Gasteiger partial charge in [0.05, 0.1) is 18.8 Å². The second-order valence-electron chi connectivity index (χ2n) is 3.78. The zero-order chi connectivity index (χ0) is 7.95. The lowest BCUT2D eigenvalue weighted by Crippen LogP contribution is -2.30. The van der Waals surface area contributed by atoms with Crippen molar-refractivity contribution in [2.24, 2.45) is 0 Å². The van der Waals surface area contributed by atoms with E-state index in [1.807, 2.05) is 6.92 Å². The Labute approximate surface area is 66.3 Å². The van der Waals surface area contributed by atoms with Crippen molar-refractivity contribution in [3.63, 3.8) is 0 Å². The third kappa shape index (κ3) is 1.28. The van der Waals surface area contributed by atoms with Crippen molar-refractivity contribution in [2.45, 2.75) is 37.6 Å². The van der Waals surface area contributed by atoms with Gasteiger partial charge in [-0.05, 0) is 13.3 Å². The van der Waals surface area contributed by atoms with E-state index in [0.29, 0.717) is 19.6 Å². The van der Waals surface area contributed by atoms with Crippen molar-refractivity contribution < 1.29 is 14.6 Å². The Morgan fingerprint density at radius 3 is 2.27 bits per heavy atom. The summed E-state index contributed by atoms with van der Waals surface area (Å²) in [4.78, 5) is 0. The first-order chi connectivity index (χ1) is 5.12. The molecule has 11 heavy (non-hydrogen) atoms. The minimum atomic E-state index is -0.579. The van der Waals surface area contributed by atoms with Gasteiger partial charge in [0.15, 0.2) is 5.79 Å². The molecule has 3 nitrogen and oxygen atoms in total. The summed E-state index contributed by atoms with van der Waals surface area (Å²) < 4.78 is 10.9. The summed E-state index contributed by atoms with van der Waals surface area (Å²) >= 11 is 0. The van der Waals surface area contributed by atoms with Crippen LogP contribution in [-0.2, 0) is 9.47 Å². The minimum Gasteiger partial charge on any atom is -0.390 e. The molecule has 2 fully saturated rings. The average Bonchev–Trinajstić information content (AvgIpc) is 2.43. The smallest absolute Gasteiger partial charge is 0.171 e. The molecule has 1 spiro atoms. The van der Waals surface area contributed by atoms with Crippen molar-refractivity contribution in [2.75, 3.05) is 13.2 Å². The zero-order valence-corrected chi connectivity index (χ0v) is 6.80. The Morgan fingerprint density at radius 1 is 1.18 bits per heavy atom. The number of hydrogen-bond donors (Lipinski definition) is 1. The summed E-state index contributed by atoms with van der Waals surface area (Å²) in [7, 11) is 0. The van der Waals surface area contributed by atoms with E-state index >= 15 is 0 Å². The van der Waals surface area contributed by atoms with Gasteiger partial charge in [0.25, 0.3) is 0 Å². The van der Waals surface area contributed by atoms with Gasteiger partial charge in [0.1, 0.15) is 0 Å². The van der Waals surface area contributed by atoms with E-state index in [4.69, 9.17) is 9.47 Å². The van der Waals surface area contributed by atoms with Gasteiger partial charge >= 0.3 is 0 Å². The van der Waals surface area contributed by atoms with E-state index in [1.54, 1.807) is 0 Å². The van der Waals surface area contributed by atoms with E-state index in [-0.39, 0.29) is 0 Å². The summed E-state index contributed by atoms with van der Waals surface area (Å²) in [6.45, 7) is 3.19. The Bertz CT molecular complexity index is 159. The molecule has 0 aromatic heterocycles. The normalized spacial score (nSPS) is 42.0. The number of aliphatic hydroxyl groups is 1. The maximum Gasteiger partial charge on any atom is 0.171 e. The molecule has 1 saturated heterocycles. The maximum atomic E-state index is 9.66. The van der Waals surface area contributed by atoms with Gasteiger partial charge < -0.3 is 14.6 Å². The second-order valence-corrected chi connectivity index (χ2v) is 3.78. The summed E-state index contributed by atoms with van der Waals surface area (Å²) in [5, 5.41) is 9.66. The molecule has 0 aromatic rings. The summed E-state index contributed by atoms with van der Waals surface area (Å²) in [5.74, 6) is -0.427. The molecular weight excluding hydrogens is 144 g/mol. The van der Waals surface area contributed by atoms with Crippen LogP contribution in [0.2, 0.25) is 0 Å². The molecule has 1 saturated carbocycles. The highest BCUT2D eigenvalue weighted by Crippen LogP contribution is 2.42. The highest BCUT2D eigenvalue weighted by molar-refractivity contribution is 4.93. The SMILES string of the molecule is CC1(O)CCC2(C1)OCCO2. The van der Waals surface area contributed by atoms with Gasteiger partial charge in [0, 0.05) is 12.8 Å². The molecule has 1 N–H and O–H groups in total. The fraction of sp³-hybridized carbons (Fsp3) is 1.00. The summed E-state index contributed by atoms with van der Waals surface area (Å²) in [5.41, 5.74) is -0.579. The van der Waals surface area contributed by atoms with Gasteiger partial charge in [0.2, 0.25) is 0 Å². The van der Waals surface area contributed by atoms with Crippen molar-refractivity contribution in [1.29, 1.82) is 0 Å². The molecule has 0 aromatic carbocycles. The van der Waals surface area contributed by atoms with Gasteiger partial charge in [-0.1, -0.05) is 0 Å². The molecule has 64 valence electrons. The molecule has 3 heteroatoms. The molecule has 2 rings (SSSR count). The van der Waals surface area contributed by atoms with Crippen LogP contribution in [0.4, 0.5) is 0 Å². The van der Waals surface area contributed by atoms with E-state index < -0.39 is 11.4 Å². The summed E-state index contributed by atoms with van der Waals surface area (Å²) in [6.07, 6.45) is 2.24. The third-order valence-corrected chi connectivity index (χ3v) is 2.51. The molecule has 0 amide bonds. The minimum absolute atomic E-state index is 0.427. The third-order valence-electron chi connectivity index (χ3n) is 2.51. The Balaban J connectivity index is 2.07. The lowest BCUT2D eigenvalue weighted by molar-refractivity contribution is -0.161. The van der Waals surface area contributed by atoms with Gasteiger partial charge in [-0.25, -0.2) is 0 Å². The Hall–Kier alpha value is -0.120. The molecule has 1 heterocycles. The van der Waals surface area contributed by atoms with Gasteiger partial charge in [-0.2, -0.15) is 0 Å². The Morgan fingerprint density at radius 2 is 1.82 bits per heavy atom. The highest BCUT2D eigenvalue weighted by Gasteiger charge is 2.48. The fourth-order valence-electron chi connectivity index (χ4n) is 1.96. The van der Waals surface area contributed by atoms with Crippen LogP contribution < -0.4 is 0 Å². The van der Waals surface area contributed by atoms with Crippen LogP contribution in [0.3, 0.4) is 0 Å². The fourth-order valence-corrected chi connectivity index (χ4v) is 1.96. The van der Waals surface area contributed by atoms with Gasteiger partial charge in [-0.3, -0.25) is 0 Å². The average molecular weight is 158 g/mol. The first kappa shape index (κ1) is 7.53. The number of rotatable bonds is 0. The van der Waals surface area contributed by atoms with Crippen molar-refractivity contribution >= 4 is 0 Å². The maximum absolute atomic E-state index is 9.66. The molecule has 1 unspecified atom stereocenters. The molecule has 0 radical (unpaired) electrons. The molecule has 1 aliphatic carbocycles. The van der Waals surface area contributed by atoms with Crippen LogP contribution >= 0.6 is 0 Å². The van der Waals surface area contributed by atoms with Crippen molar-refractivity contribution in [3.05, 3.63) is 0 Å². The predicted molar refractivity (Wildman–Crippen MR) is 39.1 cm³/mol. The van der Waals surface area contributed by atoms with Crippen molar-refractivity contribution in [1.82, 2.24) is 0 Å². The lowest BCUT2D eigenvalue weighted by Gasteiger charge is -2.23. The van der Waals surface area contributed by atoms with Gasteiger partial charge in [-0.15, -0.1) is 0 Å². The molecule has 2 aliphatic rings. The van der Waals surface area contributed by atoms with Crippen molar-refractivity contribution in [3.8, 4) is 0 Å². The van der Waals surface area contributed by atoms with Crippen LogP contribution in [0.25, 0.3) is 0 Å². The van der Waals surface area contributed by atoms with Crippen LogP contribution in [0.5, 0.6) is 0 Å². The topological polar surface area (TPSA) is 38.7 Å². The highest BCUT2D eigenvalue weighted by atomic mass is 16.7. The first-order valence-corrected chi connectivity index (χ1v) is 4.12. The quantitative estimate of drug-likeness (QED) is 0.563. The summed E-state index contributed by atoms with van der Waals surface area (Å²) in [6, 6.07) is 0. The van der Waals surface area contributed by atoms with Crippen LogP contribution in [0.1, 0.15) is 26.2 Å². The van der Waals surface area contributed by atoms with E-state index in [2.05, 4.69) is 0 Å². The first-order valence-electron chi connectivity index (χ1n) is 4.12. The predicted octanol–water partition coefficient (Wildman–Crippen LogP) is 0.664. The Kier molecular flexibility index (Phi) is 1.50. The zero-order valence-electron chi connectivity index (χ0n) is 6.80. The van der Waals surface area contributed by atoms with E-state index in [1.165, 1.54) is 0 Å². The van der Waals surface area contributed by atoms with Crippen LogP contribution in [0.15, 0.2) is 0 Å². The van der Waals surface area contributed by atoms with E-state index in [9.17, 15) is 5.11 Å². The molecule has 0 bridgehead atoms. The largest absolute Gasteiger partial charge is 0.390 e. The molecular formula is C8H14O3. The second kappa shape index (κ2) is 2.19. The van der Waals surface area contributed by atoms with Crippen LogP contribution in [0, 0.1) is 0 Å². The monoisotopic (exact) mass is 158 g/mol. The van der Waals surface area contributed by atoms with E-state index in [0.717, 1.165) is 12.8 Å². The van der Waals surface area contributed by atoms with Crippen LogP contribution in [-0.4, -0.2) is 29.7 Å². The standard InChI is InChI=1S/C8H14O3/c1-7(9)2-3-8(6-7)10-4-5-11-8/h9H,2-6H2,1H3. The number of hydrogen-bond acceptors (Lipinski definition) is 3. The number of ether oxygens (including phenoxy) is 2. The molecule has 1 atom stereocenters. The lowest BCUT2D eigenvalue weighted by atomic mass is 10.1.